The second kappa shape index (κ2) is 3.95. The summed E-state index contributed by atoms with van der Waals surface area (Å²) in [4.78, 5) is 13.3. The zero-order chi connectivity index (χ0) is 10.8. The van der Waals surface area contributed by atoms with E-state index in [0.29, 0.717) is 18.1 Å². The first-order chi connectivity index (χ1) is 7.22. The monoisotopic (exact) mass is 222 g/mol. The van der Waals surface area contributed by atoms with Gasteiger partial charge in [0.15, 0.2) is 0 Å². The average molecular weight is 223 g/mol. The van der Waals surface area contributed by atoms with Gasteiger partial charge in [-0.2, -0.15) is 0 Å². The second-order valence-electron chi connectivity index (χ2n) is 3.35. The Labute approximate surface area is 93.3 Å². The van der Waals surface area contributed by atoms with E-state index in [1.54, 1.807) is 6.08 Å². The molecular formula is C11H11ClN2O. The summed E-state index contributed by atoms with van der Waals surface area (Å²) in [6.07, 6.45) is 1.76. The van der Waals surface area contributed by atoms with Crippen molar-refractivity contribution in [2.75, 3.05) is 23.3 Å². The molecule has 0 spiro atoms. The topological polar surface area (TPSA) is 32.3 Å². The van der Waals surface area contributed by atoms with Crippen molar-refractivity contribution in [2.24, 2.45) is 0 Å². The molecule has 0 unspecified atom stereocenters. The van der Waals surface area contributed by atoms with E-state index in [4.69, 9.17) is 11.6 Å². The SMILES string of the molecule is C=CCN1CC(=O)Nc2cccc(Cl)c21. The van der Waals surface area contributed by atoms with Gasteiger partial charge in [-0.1, -0.05) is 23.7 Å². The number of nitrogens with one attached hydrogen (secondary N) is 1. The number of fused-ring (bicyclic) bond motifs is 1. The molecule has 0 atom stereocenters. The number of carbonyl (C=O) groups excluding carboxylic acids is 1. The summed E-state index contributed by atoms with van der Waals surface area (Å²) in [5.41, 5.74) is 1.64. The fourth-order valence-electron chi connectivity index (χ4n) is 1.69. The number of nitrogens with zero attached hydrogens (tertiary/aromatic N) is 1. The Balaban J connectivity index is 2.47. The van der Waals surface area contributed by atoms with Gasteiger partial charge in [0.2, 0.25) is 5.91 Å². The molecule has 0 fully saturated rings. The van der Waals surface area contributed by atoms with Crippen molar-refractivity contribution in [3.05, 3.63) is 35.9 Å². The number of halogens is 1. The number of para-hydroxylation sites is 1. The van der Waals surface area contributed by atoms with E-state index in [9.17, 15) is 4.79 Å². The van der Waals surface area contributed by atoms with Crippen molar-refractivity contribution < 1.29 is 4.79 Å². The lowest BCUT2D eigenvalue weighted by Crippen LogP contribution is -2.38. The lowest BCUT2D eigenvalue weighted by Gasteiger charge is -2.30. The van der Waals surface area contributed by atoms with Crippen LogP contribution in [-0.4, -0.2) is 19.0 Å². The Bertz CT molecular complexity index is 417. The predicted molar refractivity (Wildman–Crippen MR) is 62.5 cm³/mol. The standard InChI is InChI=1S/C11H11ClN2O/c1-2-6-14-7-10(15)13-9-5-3-4-8(12)11(9)14/h2-5H,1,6-7H2,(H,13,15). The summed E-state index contributed by atoms with van der Waals surface area (Å²) in [5, 5.41) is 3.44. The molecule has 78 valence electrons. The number of amides is 1. The Morgan fingerprint density at radius 1 is 1.60 bits per heavy atom. The maximum Gasteiger partial charge on any atom is 0.243 e. The molecule has 1 N–H and O–H groups in total. The Morgan fingerprint density at radius 3 is 3.13 bits per heavy atom. The molecule has 1 aromatic carbocycles. The molecule has 1 aliphatic rings. The Hall–Kier alpha value is -1.48. The second-order valence-corrected chi connectivity index (χ2v) is 3.76. The van der Waals surface area contributed by atoms with Gasteiger partial charge < -0.3 is 10.2 Å². The van der Waals surface area contributed by atoms with Crippen LogP contribution in [0.15, 0.2) is 30.9 Å². The van der Waals surface area contributed by atoms with Crippen molar-refractivity contribution in [1.82, 2.24) is 0 Å². The maximum absolute atomic E-state index is 11.4. The highest BCUT2D eigenvalue weighted by Gasteiger charge is 2.22. The summed E-state index contributed by atoms with van der Waals surface area (Å²) >= 11 is 6.09. The average Bonchev–Trinajstić information content (AvgIpc) is 2.17. The highest BCUT2D eigenvalue weighted by molar-refractivity contribution is 6.34. The zero-order valence-electron chi connectivity index (χ0n) is 8.16. The first-order valence-corrected chi connectivity index (χ1v) is 5.04. The summed E-state index contributed by atoms with van der Waals surface area (Å²) in [7, 11) is 0. The molecule has 4 heteroatoms. The van der Waals surface area contributed by atoms with E-state index in [0.717, 1.165) is 11.4 Å². The minimum Gasteiger partial charge on any atom is -0.356 e. The Morgan fingerprint density at radius 2 is 2.40 bits per heavy atom. The molecule has 1 heterocycles. The first-order valence-electron chi connectivity index (χ1n) is 4.66. The van der Waals surface area contributed by atoms with E-state index < -0.39 is 0 Å². The number of anilines is 2. The van der Waals surface area contributed by atoms with Gasteiger partial charge in [-0.3, -0.25) is 4.79 Å². The first kappa shape index (κ1) is 10.1. The van der Waals surface area contributed by atoms with E-state index in [-0.39, 0.29) is 5.91 Å². The zero-order valence-corrected chi connectivity index (χ0v) is 8.92. The van der Waals surface area contributed by atoms with Gasteiger partial charge in [-0.25, -0.2) is 0 Å². The smallest absolute Gasteiger partial charge is 0.243 e. The molecule has 1 aromatic rings. The molecule has 0 aromatic heterocycles. The van der Waals surface area contributed by atoms with Crippen LogP contribution >= 0.6 is 11.6 Å². The Kier molecular flexibility index (Phi) is 2.64. The third-order valence-electron chi connectivity index (χ3n) is 2.26. The molecule has 0 aliphatic carbocycles. The number of carbonyl (C=O) groups is 1. The van der Waals surface area contributed by atoms with E-state index in [1.165, 1.54) is 0 Å². The third kappa shape index (κ3) is 1.83. The molecule has 3 nitrogen and oxygen atoms in total. The number of hydrogen-bond donors (Lipinski definition) is 1. The van der Waals surface area contributed by atoms with Crippen molar-refractivity contribution in [3.8, 4) is 0 Å². The normalized spacial score (nSPS) is 14.5. The van der Waals surface area contributed by atoms with Crippen LogP contribution in [0.3, 0.4) is 0 Å². The van der Waals surface area contributed by atoms with Gasteiger partial charge in [0.25, 0.3) is 0 Å². The molecule has 1 aliphatic heterocycles. The van der Waals surface area contributed by atoms with Crippen LogP contribution < -0.4 is 10.2 Å². The molecule has 0 radical (unpaired) electrons. The molecular weight excluding hydrogens is 212 g/mol. The third-order valence-corrected chi connectivity index (χ3v) is 2.57. The van der Waals surface area contributed by atoms with Gasteiger partial charge >= 0.3 is 0 Å². The molecule has 0 saturated carbocycles. The van der Waals surface area contributed by atoms with E-state index in [2.05, 4.69) is 11.9 Å². The fourth-order valence-corrected chi connectivity index (χ4v) is 1.99. The summed E-state index contributed by atoms with van der Waals surface area (Å²) in [6, 6.07) is 5.47. The highest BCUT2D eigenvalue weighted by Crippen LogP contribution is 2.35. The predicted octanol–water partition coefficient (Wildman–Crippen LogP) is 2.28. The quantitative estimate of drug-likeness (QED) is 0.779. The van der Waals surface area contributed by atoms with Gasteiger partial charge in [-0.05, 0) is 12.1 Å². The number of benzene rings is 1. The van der Waals surface area contributed by atoms with Crippen LogP contribution in [0, 0.1) is 0 Å². The van der Waals surface area contributed by atoms with Crippen LogP contribution in [0.4, 0.5) is 11.4 Å². The van der Waals surface area contributed by atoms with Crippen LogP contribution in [0.25, 0.3) is 0 Å². The van der Waals surface area contributed by atoms with Crippen molar-refractivity contribution in [1.29, 1.82) is 0 Å². The van der Waals surface area contributed by atoms with Gasteiger partial charge in [0, 0.05) is 6.54 Å². The number of rotatable bonds is 2. The van der Waals surface area contributed by atoms with E-state index >= 15 is 0 Å². The van der Waals surface area contributed by atoms with E-state index in [1.807, 2.05) is 23.1 Å². The molecule has 15 heavy (non-hydrogen) atoms. The van der Waals surface area contributed by atoms with Gasteiger partial charge in [0.05, 0.1) is 22.9 Å². The largest absolute Gasteiger partial charge is 0.356 e. The molecule has 1 amide bonds. The highest BCUT2D eigenvalue weighted by atomic mass is 35.5. The van der Waals surface area contributed by atoms with Crippen molar-refractivity contribution in [2.45, 2.75) is 0 Å². The van der Waals surface area contributed by atoms with Crippen LogP contribution in [0.1, 0.15) is 0 Å². The van der Waals surface area contributed by atoms with Gasteiger partial charge in [0.1, 0.15) is 0 Å². The minimum absolute atomic E-state index is 0.0217. The summed E-state index contributed by atoms with van der Waals surface area (Å²) in [6.45, 7) is 4.60. The lowest BCUT2D eigenvalue weighted by molar-refractivity contribution is -0.115. The van der Waals surface area contributed by atoms with Crippen LogP contribution in [0.2, 0.25) is 5.02 Å². The molecule has 0 bridgehead atoms. The van der Waals surface area contributed by atoms with Crippen LogP contribution in [-0.2, 0) is 4.79 Å². The minimum atomic E-state index is -0.0217. The maximum atomic E-state index is 11.4. The lowest BCUT2D eigenvalue weighted by atomic mass is 10.2. The summed E-state index contributed by atoms with van der Waals surface area (Å²) in [5.74, 6) is -0.0217. The molecule has 0 saturated heterocycles. The molecule has 2 rings (SSSR count). The van der Waals surface area contributed by atoms with Crippen molar-refractivity contribution >= 4 is 28.9 Å². The number of hydrogen-bond acceptors (Lipinski definition) is 2. The summed E-state index contributed by atoms with van der Waals surface area (Å²) < 4.78 is 0. The van der Waals surface area contributed by atoms with Crippen molar-refractivity contribution in [3.63, 3.8) is 0 Å². The van der Waals surface area contributed by atoms with Crippen LogP contribution in [0.5, 0.6) is 0 Å². The fraction of sp³-hybridized carbons (Fsp3) is 0.182. The van der Waals surface area contributed by atoms with Gasteiger partial charge in [-0.15, -0.1) is 6.58 Å².